The third-order valence-corrected chi connectivity index (χ3v) is 28.2. The molecule has 6 nitrogen and oxygen atoms in total. The van der Waals surface area contributed by atoms with E-state index >= 15 is 0 Å². The van der Waals surface area contributed by atoms with Gasteiger partial charge in [0.1, 0.15) is 35.6 Å². The first-order valence-electron chi connectivity index (χ1n) is 38.2. The minimum absolute atomic E-state index is 0.0682. The van der Waals surface area contributed by atoms with Crippen molar-refractivity contribution in [1.29, 1.82) is 0 Å². The first-order valence-corrected chi connectivity index (χ1v) is 41.3. The van der Waals surface area contributed by atoms with Crippen LogP contribution in [0.4, 0.5) is 17.6 Å². The number of furan rings is 4. The van der Waals surface area contributed by atoms with Crippen LogP contribution in [-0.4, -0.2) is 18.0 Å². The van der Waals surface area contributed by atoms with Crippen LogP contribution in [-0.2, 0) is 6.18 Å². The second kappa shape index (κ2) is 37.4. The van der Waals surface area contributed by atoms with Gasteiger partial charge in [-0.2, -0.15) is 17.6 Å². The molecule has 0 aliphatic rings. The highest BCUT2D eigenvalue weighted by Crippen LogP contribution is 2.43. The number of pyridine rings is 2. The molecule has 0 unspecified atom stereocenters. The fourth-order valence-electron chi connectivity index (χ4n) is 13.7. The van der Waals surface area contributed by atoms with E-state index in [1.165, 1.54) is 88.1 Å². The summed E-state index contributed by atoms with van der Waals surface area (Å²) < 4.78 is 82.2. The monoisotopic (exact) mass is 1560 g/mol. The van der Waals surface area contributed by atoms with Crippen molar-refractivity contribution >= 4 is 51.7 Å². The summed E-state index contributed by atoms with van der Waals surface area (Å²) in [7, 11) is -2.65. The average molecular weight is 1570 g/mol. The summed E-state index contributed by atoms with van der Waals surface area (Å²) in [5.41, 5.74) is 20.6. The van der Waals surface area contributed by atoms with Gasteiger partial charge in [0.2, 0.25) is 13.8 Å². The molecule has 0 saturated heterocycles. The number of rotatable bonds is 12. The van der Waals surface area contributed by atoms with Crippen LogP contribution < -0.4 is 20.9 Å². The first-order chi connectivity index (χ1) is 55.6. The number of aromatic nitrogens is 2. The number of halogens is 4. The second-order valence-corrected chi connectivity index (χ2v) is 33.5. The Morgan fingerprint density at radius 3 is 0.982 bits per heavy atom. The molecule has 9 aromatic carbocycles. The van der Waals surface area contributed by atoms with E-state index in [0.29, 0.717) is 11.1 Å². The molecule has 8 heterocycles. The van der Waals surface area contributed by atoms with Gasteiger partial charge in [-0.15, -0.1) is 22.7 Å². The summed E-state index contributed by atoms with van der Waals surface area (Å²) in [5.74, 6) is 3.01. The molecule has 8 aromatic heterocycles. The molecule has 0 N–H and O–H groups in total. The number of alkyl halides is 3. The van der Waals surface area contributed by atoms with Gasteiger partial charge in [-0.3, -0.25) is 9.97 Å². The summed E-state index contributed by atoms with van der Waals surface area (Å²) in [4.78, 5) is 12.0. The lowest BCUT2D eigenvalue weighted by Crippen LogP contribution is -2.75. The summed E-state index contributed by atoms with van der Waals surface area (Å²) in [5, 5.41) is 5.02. The molecular formula is C101H90F4N2O4S2Si. The Balaban J connectivity index is 0.000000131. The van der Waals surface area contributed by atoms with Gasteiger partial charge in [0, 0.05) is 72.8 Å². The lowest BCUT2D eigenvalue weighted by atomic mass is 10.0. The van der Waals surface area contributed by atoms with E-state index in [1.54, 1.807) is 43.5 Å². The molecule has 0 atom stereocenters. The molecule has 0 aliphatic heterocycles. The number of hydrogen-bond acceptors (Lipinski definition) is 8. The van der Waals surface area contributed by atoms with Crippen LogP contribution in [0.15, 0.2) is 346 Å². The van der Waals surface area contributed by atoms with Crippen LogP contribution in [0.2, 0.25) is 0 Å². The predicted molar refractivity (Wildman–Crippen MR) is 468 cm³/mol. The van der Waals surface area contributed by atoms with Crippen molar-refractivity contribution in [2.45, 2.75) is 89.3 Å². The standard InChI is InChI=1S/C30H26OSi.C17H15NO.C17H15NS.C13H11F3O.C12H11FS.C12H12O/c1-23-24(2)30(31-29(23)25-15-7-3-8-16-25)32(26-17-9-4-10-18-26,27-19-11-5-12-20-27)28-21-13-6-14-22-28;1-12-13(2)17(15-9-6-10-18-11-15)19-16(12)14-7-4-3-5-8-14;1-12-13(2)17(15-8-10-18-11-9-15)19-16(12)14-6-4-3-5-7-14;1-8-9(2)12(13(14,15)16)17-11(8)10-6-4-3-5-7-10;1-8-9(2)12(13)14-11(8)10-6-4-3-5-7-10;1-9-8-13-12(10(9)2)11-6-4-3-5-7-11/h3-22H,1-2H3;2*3-11H,1-2H3;3-7H,1-2H3;3-7H,1-2H3;3-8H,1-2H3/i;;;;;8D. The number of hydrogen-bond donors (Lipinski definition) is 0. The molecule has 0 bridgehead atoms. The Labute approximate surface area is 676 Å². The van der Waals surface area contributed by atoms with Crippen molar-refractivity contribution < 1.29 is 36.6 Å². The normalized spacial score (nSPS) is 11.1. The third kappa shape index (κ3) is 18.3. The Morgan fingerprint density at radius 2 is 0.623 bits per heavy atom. The maximum absolute atomic E-state index is 13.3. The zero-order chi connectivity index (χ0) is 81.3. The Kier molecular flexibility index (Phi) is 26.2. The summed E-state index contributed by atoms with van der Waals surface area (Å²) in [6, 6.07) is 101. The van der Waals surface area contributed by atoms with E-state index in [4.69, 9.17) is 19.0 Å². The molecule has 572 valence electrons. The molecule has 114 heavy (non-hydrogen) atoms. The molecule has 0 amide bonds. The zero-order valence-electron chi connectivity index (χ0n) is 67.0. The van der Waals surface area contributed by atoms with Crippen LogP contribution in [0.3, 0.4) is 0 Å². The summed E-state index contributed by atoms with van der Waals surface area (Å²) in [6.45, 7) is 23.8. The van der Waals surface area contributed by atoms with Gasteiger partial charge in [-0.1, -0.05) is 273 Å². The van der Waals surface area contributed by atoms with Gasteiger partial charge in [-0.05, 0) is 201 Å². The van der Waals surface area contributed by atoms with Crippen molar-refractivity contribution in [3.63, 3.8) is 0 Å². The fourth-order valence-corrected chi connectivity index (χ4v) is 21.0. The minimum Gasteiger partial charge on any atom is -0.464 e. The van der Waals surface area contributed by atoms with E-state index < -0.39 is 20.0 Å². The quantitative estimate of drug-likeness (QED) is 0.0689. The molecule has 0 saturated carbocycles. The SMILES string of the molecule is Cc1c(-c2ccccc2)oc(-c2cccnc2)c1C.Cc1c(-c2ccccc2)oc(C(F)(F)F)c1C.Cc1c(-c2ccccc2)oc([Si](c2ccccc2)(c2ccccc2)c2ccccc2)c1C.Cc1c(-c2ccccc2)sc(-c2ccncc2)c1C.Cc1c(F)sc(-c2ccccc2)c1C.[2H]c1oc(-c2ccccc2)c(C)c1C. The van der Waals surface area contributed by atoms with Crippen LogP contribution in [0.1, 0.15) is 73.9 Å². The highest BCUT2D eigenvalue weighted by atomic mass is 32.1. The molecule has 0 aliphatic carbocycles. The highest BCUT2D eigenvalue weighted by molar-refractivity contribution is 7.20. The van der Waals surface area contributed by atoms with Crippen LogP contribution in [0.5, 0.6) is 0 Å². The van der Waals surface area contributed by atoms with E-state index in [1.807, 2.05) is 155 Å². The van der Waals surface area contributed by atoms with Gasteiger partial charge >= 0.3 is 6.18 Å². The highest BCUT2D eigenvalue weighted by Gasteiger charge is 2.46. The largest absolute Gasteiger partial charge is 0.464 e. The fraction of sp³-hybridized carbons (Fsp3) is 0.129. The van der Waals surface area contributed by atoms with Gasteiger partial charge in [0.15, 0.2) is 5.13 Å². The molecule has 13 heteroatoms. The Morgan fingerprint density at radius 1 is 0.298 bits per heavy atom. The molecule has 0 spiro atoms. The molecule has 0 radical (unpaired) electrons. The van der Waals surface area contributed by atoms with Crippen molar-refractivity contribution in [2.24, 2.45) is 0 Å². The number of nitrogens with zero attached hydrogens (tertiary/aromatic N) is 2. The van der Waals surface area contributed by atoms with Gasteiger partial charge in [0.25, 0.3) is 0 Å². The lowest BCUT2D eigenvalue weighted by molar-refractivity contribution is -0.153. The van der Waals surface area contributed by atoms with E-state index in [9.17, 15) is 17.6 Å². The molecule has 17 rings (SSSR count). The van der Waals surface area contributed by atoms with Gasteiger partial charge in [0.05, 0.1) is 6.24 Å². The van der Waals surface area contributed by atoms with Crippen molar-refractivity contribution in [3.8, 4) is 87.9 Å². The van der Waals surface area contributed by atoms with Gasteiger partial charge < -0.3 is 17.7 Å². The van der Waals surface area contributed by atoms with Gasteiger partial charge in [-0.25, -0.2) is 0 Å². The first kappa shape index (κ1) is 79.8. The molecular weight excluding hydrogens is 1470 g/mol. The van der Waals surface area contributed by atoms with Crippen molar-refractivity contribution in [3.05, 3.63) is 406 Å². The van der Waals surface area contributed by atoms with Crippen LogP contribution >= 0.6 is 22.7 Å². The molecule has 0 fully saturated rings. The smallest absolute Gasteiger partial charge is 0.449 e. The zero-order valence-corrected chi connectivity index (χ0v) is 68.6. The summed E-state index contributed by atoms with van der Waals surface area (Å²) >= 11 is 3.09. The molecule has 17 aromatic rings. The Hall–Kier alpha value is -12.3. The number of benzene rings is 9. The minimum atomic E-state index is -4.44. The second-order valence-electron chi connectivity index (χ2n) is 27.8. The van der Waals surface area contributed by atoms with E-state index in [-0.39, 0.29) is 22.7 Å². The topological polar surface area (TPSA) is 78.3 Å². The predicted octanol–water partition coefficient (Wildman–Crippen LogP) is 27.0. The maximum atomic E-state index is 13.3. The Bertz CT molecular complexity index is 5530. The van der Waals surface area contributed by atoms with E-state index in [0.717, 1.165) is 83.4 Å². The third-order valence-electron chi connectivity index (χ3n) is 20.7. The number of thiophene rings is 2. The maximum Gasteiger partial charge on any atom is 0.449 e. The van der Waals surface area contributed by atoms with Crippen LogP contribution in [0, 0.1) is 88.2 Å². The van der Waals surface area contributed by atoms with Crippen molar-refractivity contribution in [1.82, 2.24) is 9.97 Å². The van der Waals surface area contributed by atoms with E-state index in [2.05, 4.69) is 221 Å². The average Bonchev–Trinajstić information content (AvgIpc) is 1.68. The van der Waals surface area contributed by atoms with Crippen molar-refractivity contribution in [2.75, 3.05) is 0 Å². The van der Waals surface area contributed by atoms with Crippen LogP contribution in [0.25, 0.3) is 87.9 Å². The summed E-state index contributed by atoms with van der Waals surface area (Å²) in [6.07, 6.45) is 3.13. The lowest BCUT2D eigenvalue weighted by Gasteiger charge is -2.32.